The van der Waals surface area contributed by atoms with E-state index in [1.807, 2.05) is 25.1 Å². The largest absolute Gasteiger partial charge is 0.406 e. The summed E-state index contributed by atoms with van der Waals surface area (Å²) in [5, 5.41) is 3.81. The van der Waals surface area contributed by atoms with Crippen LogP contribution in [0.15, 0.2) is 48.5 Å². The molecule has 0 saturated carbocycles. The lowest BCUT2D eigenvalue weighted by Crippen LogP contribution is -2.47. The number of nitrogens with one attached hydrogen (secondary N) is 1. The molecule has 0 spiro atoms. The molecule has 0 saturated heterocycles. The Hall–Kier alpha value is -2.80. The number of pyridine rings is 1. The van der Waals surface area contributed by atoms with Crippen LogP contribution in [0, 0.1) is 6.92 Å². The Morgan fingerprint density at radius 1 is 1.18 bits per heavy atom. The van der Waals surface area contributed by atoms with Crippen molar-refractivity contribution in [2.45, 2.75) is 19.3 Å². The molecular weight excluding hydrogens is 391 g/mol. The Kier molecular flexibility index (Phi) is 4.42. The van der Waals surface area contributed by atoms with Crippen molar-refractivity contribution in [1.82, 2.24) is 9.88 Å². The number of para-hydroxylation sites is 2. The lowest BCUT2D eigenvalue weighted by molar-refractivity contribution is -0.144. The van der Waals surface area contributed by atoms with Gasteiger partial charge in [-0.05, 0) is 30.7 Å². The van der Waals surface area contributed by atoms with Crippen molar-refractivity contribution in [3.05, 3.63) is 70.4 Å². The summed E-state index contributed by atoms with van der Waals surface area (Å²) in [6, 6.07) is 13.7. The smallest absolute Gasteiger partial charge is 0.361 e. The summed E-state index contributed by atoms with van der Waals surface area (Å²) in [5.41, 5.74) is 2.52. The van der Waals surface area contributed by atoms with Crippen LogP contribution in [0.5, 0.6) is 0 Å². The van der Waals surface area contributed by atoms with Crippen LogP contribution in [0.1, 0.15) is 27.7 Å². The third-order valence-corrected chi connectivity index (χ3v) is 5.00. The van der Waals surface area contributed by atoms with E-state index in [1.54, 1.807) is 24.3 Å². The van der Waals surface area contributed by atoms with Crippen LogP contribution in [0.25, 0.3) is 10.9 Å². The van der Waals surface area contributed by atoms with E-state index in [0.717, 1.165) is 15.8 Å². The summed E-state index contributed by atoms with van der Waals surface area (Å²) in [7, 11) is 0. The Morgan fingerprint density at radius 2 is 1.93 bits per heavy atom. The molecule has 0 bridgehead atoms. The van der Waals surface area contributed by atoms with E-state index in [-0.39, 0.29) is 10.7 Å². The maximum absolute atomic E-state index is 13.2. The molecule has 8 heteroatoms. The number of anilines is 1. The molecular formula is C20H15ClF3N3O. The highest BCUT2D eigenvalue weighted by Crippen LogP contribution is 2.38. The standard InChI is InChI=1S/C20H15ClF3N3O/c1-11-5-4-6-12-9-14(17(21)26-16(11)12)18-25-15-8-3-2-7-13(15)19(28)27(18)10-20(22,23)24/h2-9,18,25H,10H2,1H3. The molecule has 0 radical (unpaired) electrons. The average molecular weight is 406 g/mol. The number of aryl methyl sites for hydroxylation is 1. The number of rotatable bonds is 2. The SMILES string of the molecule is Cc1cccc2cc(C3Nc4ccccc4C(=O)N3CC(F)(F)F)c(Cl)nc12. The van der Waals surface area contributed by atoms with Crippen LogP contribution in [-0.2, 0) is 0 Å². The second kappa shape index (κ2) is 6.67. The van der Waals surface area contributed by atoms with E-state index in [9.17, 15) is 18.0 Å². The van der Waals surface area contributed by atoms with Crippen LogP contribution >= 0.6 is 11.6 Å². The van der Waals surface area contributed by atoms with E-state index in [4.69, 9.17) is 11.6 Å². The summed E-state index contributed by atoms with van der Waals surface area (Å²) in [4.78, 5) is 17.9. The van der Waals surface area contributed by atoms with E-state index in [1.165, 1.54) is 6.07 Å². The molecule has 1 aliphatic heterocycles. The zero-order valence-corrected chi connectivity index (χ0v) is 15.5. The third-order valence-electron chi connectivity index (χ3n) is 4.69. The molecule has 1 atom stereocenters. The number of halogens is 4. The van der Waals surface area contributed by atoms with E-state index >= 15 is 0 Å². The molecule has 3 aromatic rings. The molecule has 1 N–H and O–H groups in total. The van der Waals surface area contributed by atoms with E-state index < -0.39 is 24.8 Å². The Labute approximate surface area is 163 Å². The zero-order chi connectivity index (χ0) is 20.1. The highest BCUT2D eigenvalue weighted by atomic mass is 35.5. The molecule has 1 unspecified atom stereocenters. The third kappa shape index (κ3) is 3.26. The number of aromatic nitrogens is 1. The van der Waals surface area contributed by atoms with Gasteiger partial charge < -0.3 is 10.2 Å². The first-order valence-electron chi connectivity index (χ1n) is 8.53. The molecule has 4 nitrogen and oxygen atoms in total. The fourth-order valence-corrected chi connectivity index (χ4v) is 3.67. The van der Waals surface area contributed by atoms with Gasteiger partial charge in [0.2, 0.25) is 0 Å². The van der Waals surface area contributed by atoms with Gasteiger partial charge in [0.05, 0.1) is 11.1 Å². The minimum Gasteiger partial charge on any atom is -0.361 e. The number of hydrogen-bond acceptors (Lipinski definition) is 3. The van der Waals surface area contributed by atoms with Crippen molar-refractivity contribution < 1.29 is 18.0 Å². The molecule has 2 heterocycles. The number of amides is 1. The number of carbonyl (C=O) groups is 1. The summed E-state index contributed by atoms with van der Waals surface area (Å²) in [5.74, 6) is -0.711. The van der Waals surface area contributed by atoms with Crippen molar-refractivity contribution in [3.63, 3.8) is 0 Å². The molecule has 4 rings (SSSR count). The summed E-state index contributed by atoms with van der Waals surface area (Å²) in [6.07, 6.45) is -5.65. The van der Waals surface area contributed by atoms with Crippen molar-refractivity contribution in [2.75, 3.05) is 11.9 Å². The summed E-state index contributed by atoms with van der Waals surface area (Å²) < 4.78 is 39.6. The van der Waals surface area contributed by atoms with Gasteiger partial charge in [-0.3, -0.25) is 4.79 Å². The number of hydrogen-bond donors (Lipinski definition) is 1. The number of carbonyl (C=O) groups excluding carboxylic acids is 1. The molecule has 2 aromatic carbocycles. The monoisotopic (exact) mass is 405 g/mol. The molecule has 144 valence electrons. The summed E-state index contributed by atoms with van der Waals surface area (Å²) in [6.45, 7) is 0.472. The normalized spacial score (nSPS) is 16.8. The van der Waals surface area contributed by atoms with Gasteiger partial charge in [0, 0.05) is 16.6 Å². The van der Waals surface area contributed by atoms with Gasteiger partial charge in [0.25, 0.3) is 5.91 Å². The average Bonchev–Trinajstić information content (AvgIpc) is 2.63. The van der Waals surface area contributed by atoms with Gasteiger partial charge >= 0.3 is 6.18 Å². The first-order chi connectivity index (χ1) is 13.2. The molecule has 1 amide bonds. The molecule has 28 heavy (non-hydrogen) atoms. The highest BCUT2D eigenvalue weighted by Gasteiger charge is 2.41. The highest BCUT2D eigenvalue weighted by molar-refractivity contribution is 6.30. The molecule has 0 fully saturated rings. The zero-order valence-electron chi connectivity index (χ0n) is 14.7. The molecule has 1 aromatic heterocycles. The van der Waals surface area contributed by atoms with Crippen molar-refractivity contribution in [1.29, 1.82) is 0 Å². The predicted molar refractivity (Wildman–Crippen MR) is 101 cm³/mol. The second-order valence-electron chi connectivity index (χ2n) is 6.66. The second-order valence-corrected chi connectivity index (χ2v) is 7.01. The molecule has 0 aliphatic carbocycles. The number of nitrogens with zero attached hydrogens (tertiary/aromatic N) is 2. The minimum absolute atomic E-state index is 0.0543. The quantitative estimate of drug-likeness (QED) is 0.586. The lowest BCUT2D eigenvalue weighted by atomic mass is 10.0. The van der Waals surface area contributed by atoms with Gasteiger partial charge in [0.15, 0.2) is 0 Å². The fraction of sp³-hybridized carbons (Fsp3) is 0.200. The number of benzene rings is 2. The van der Waals surface area contributed by atoms with Crippen LogP contribution < -0.4 is 5.32 Å². The number of fused-ring (bicyclic) bond motifs is 2. The fourth-order valence-electron chi connectivity index (χ4n) is 3.43. The minimum atomic E-state index is -4.56. The summed E-state index contributed by atoms with van der Waals surface area (Å²) >= 11 is 6.35. The Morgan fingerprint density at radius 3 is 2.68 bits per heavy atom. The van der Waals surface area contributed by atoms with Gasteiger partial charge in [-0.15, -0.1) is 0 Å². The van der Waals surface area contributed by atoms with E-state index in [0.29, 0.717) is 16.8 Å². The van der Waals surface area contributed by atoms with E-state index in [2.05, 4.69) is 10.3 Å². The molecule has 1 aliphatic rings. The Bertz CT molecular complexity index is 1080. The Balaban J connectivity index is 1.87. The topological polar surface area (TPSA) is 45.2 Å². The maximum Gasteiger partial charge on any atom is 0.406 e. The van der Waals surface area contributed by atoms with Crippen molar-refractivity contribution >= 4 is 34.1 Å². The van der Waals surface area contributed by atoms with Gasteiger partial charge in [-0.2, -0.15) is 13.2 Å². The van der Waals surface area contributed by atoms with Gasteiger partial charge in [0.1, 0.15) is 17.9 Å². The number of alkyl halides is 3. The van der Waals surface area contributed by atoms with Gasteiger partial charge in [-0.1, -0.05) is 41.9 Å². The van der Waals surface area contributed by atoms with Crippen LogP contribution in [0.4, 0.5) is 18.9 Å². The first-order valence-corrected chi connectivity index (χ1v) is 8.91. The van der Waals surface area contributed by atoms with Crippen LogP contribution in [0.3, 0.4) is 0 Å². The van der Waals surface area contributed by atoms with Crippen LogP contribution in [0.2, 0.25) is 5.15 Å². The predicted octanol–water partition coefficient (Wildman–Crippen LogP) is 5.33. The van der Waals surface area contributed by atoms with Gasteiger partial charge in [-0.25, -0.2) is 4.98 Å². The first kappa shape index (κ1) is 18.6. The van der Waals surface area contributed by atoms with Crippen molar-refractivity contribution in [2.24, 2.45) is 0 Å². The van der Waals surface area contributed by atoms with Crippen LogP contribution in [-0.4, -0.2) is 28.5 Å². The van der Waals surface area contributed by atoms with Crippen molar-refractivity contribution in [3.8, 4) is 0 Å². The lowest BCUT2D eigenvalue weighted by Gasteiger charge is -2.38. The maximum atomic E-state index is 13.2.